The van der Waals surface area contributed by atoms with Crippen LogP contribution in [0.1, 0.15) is 19.4 Å². The zero-order valence-electron chi connectivity index (χ0n) is 18.4. The predicted molar refractivity (Wildman–Crippen MR) is 122 cm³/mol. The van der Waals surface area contributed by atoms with Gasteiger partial charge in [0, 0.05) is 24.9 Å². The van der Waals surface area contributed by atoms with Gasteiger partial charge in [-0.25, -0.2) is 4.98 Å². The Bertz CT molecular complexity index is 977. The zero-order valence-corrected chi connectivity index (χ0v) is 18.4. The summed E-state index contributed by atoms with van der Waals surface area (Å²) in [6.45, 7) is 4.44. The van der Waals surface area contributed by atoms with E-state index in [0.717, 1.165) is 33.6 Å². The second-order valence-corrected chi connectivity index (χ2v) is 7.12. The fourth-order valence-electron chi connectivity index (χ4n) is 2.91. The molecule has 0 amide bonds. The van der Waals surface area contributed by atoms with Crippen LogP contribution in [-0.4, -0.2) is 43.5 Å². The molecule has 0 aliphatic rings. The number of hydrogen-bond acceptors (Lipinski definition) is 6. The molecule has 8 heteroatoms. The molecule has 2 aromatic rings. The Morgan fingerprint density at radius 1 is 1.30 bits per heavy atom. The molecule has 0 fully saturated rings. The lowest BCUT2D eigenvalue weighted by molar-refractivity contribution is -0.574. The number of methoxy groups -OCH3 is 1. The fraction of sp³-hybridized carbons (Fsp3) is 0.318. The lowest BCUT2D eigenvalue weighted by Crippen LogP contribution is -2.79. The summed E-state index contributed by atoms with van der Waals surface area (Å²) in [7, 11) is 5.47. The summed E-state index contributed by atoms with van der Waals surface area (Å²) in [6, 6.07) is 5.78. The molecule has 2 rings (SSSR count). The Hall–Kier alpha value is -3.07. The first kappa shape index (κ1) is 23.2. The highest BCUT2D eigenvalue weighted by Gasteiger charge is 2.13. The van der Waals surface area contributed by atoms with E-state index in [1.165, 1.54) is 0 Å². The SMILES string of the molecule is C[NH2+]C=C(C(=N)COC)c1cnc2ccc(NC(=CC(=CN)C(C)C)[NH2+]C)nc2c1. The minimum absolute atomic E-state index is 0.236. The molecule has 0 unspecified atom stereocenters. The predicted octanol–water partition coefficient (Wildman–Crippen LogP) is 0.775. The number of hydrogen-bond donors (Lipinski definition) is 5. The number of nitrogens with zero attached hydrogens (tertiary/aromatic N) is 2. The summed E-state index contributed by atoms with van der Waals surface area (Å²) in [6.07, 6.45) is 7.32. The zero-order chi connectivity index (χ0) is 22.1. The van der Waals surface area contributed by atoms with Crippen LogP contribution in [0.4, 0.5) is 5.82 Å². The Morgan fingerprint density at radius 2 is 2.07 bits per heavy atom. The molecule has 160 valence electrons. The van der Waals surface area contributed by atoms with Gasteiger partial charge in [-0.05, 0) is 35.9 Å². The molecule has 0 saturated heterocycles. The van der Waals surface area contributed by atoms with Crippen molar-refractivity contribution in [3.8, 4) is 0 Å². The van der Waals surface area contributed by atoms with Gasteiger partial charge in [0.1, 0.15) is 12.0 Å². The van der Waals surface area contributed by atoms with E-state index in [0.29, 0.717) is 17.4 Å². The van der Waals surface area contributed by atoms with E-state index in [1.54, 1.807) is 19.5 Å². The van der Waals surface area contributed by atoms with E-state index < -0.39 is 0 Å². The van der Waals surface area contributed by atoms with Gasteiger partial charge in [-0.3, -0.25) is 10.3 Å². The highest BCUT2D eigenvalue weighted by atomic mass is 16.5. The Labute approximate surface area is 177 Å². The summed E-state index contributed by atoms with van der Waals surface area (Å²) in [5.41, 5.74) is 10.3. The monoisotopic (exact) mass is 411 g/mol. The van der Waals surface area contributed by atoms with E-state index in [4.69, 9.17) is 20.9 Å². The average Bonchev–Trinajstić information content (AvgIpc) is 2.74. The maximum Gasteiger partial charge on any atom is 0.203 e. The van der Waals surface area contributed by atoms with Gasteiger partial charge in [-0.2, -0.15) is 0 Å². The maximum absolute atomic E-state index is 8.27. The minimum Gasteiger partial charge on any atom is -0.404 e. The van der Waals surface area contributed by atoms with Crippen molar-refractivity contribution in [1.82, 2.24) is 9.97 Å². The number of nitrogens with one attached hydrogen (secondary N) is 2. The third-order valence-corrected chi connectivity index (χ3v) is 4.56. The normalized spacial score (nSPS) is 13.2. The number of pyridine rings is 2. The van der Waals surface area contributed by atoms with Crippen LogP contribution in [0.3, 0.4) is 0 Å². The van der Waals surface area contributed by atoms with Crippen molar-refractivity contribution in [1.29, 1.82) is 5.41 Å². The van der Waals surface area contributed by atoms with Crippen LogP contribution >= 0.6 is 0 Å². The summed E-state index contributed by atoms with van der Waals surface area (Å²) in [5, 5.41) is 15.5. The van der Waals surface area contributed by atoms with E-state index in [1.807, 2.05) is 55.2 Å². The van der Waals surface area contributed by atoms with Crippen LogP contribution in [0, 0.1) is 11.3 Å². The van der Waals surface area contributed by atoms with Crippen LogP contribution in [0.15, 0.2) is 54.3 Å². The van der Waals surface area contributed by atoms with Gasteiger partial charge in [-0.15, -0.1) is 0 Å². The van der Waals surface area contributed by atoms with Crippen molar-refractivity contribution < 1.29 is 15.4 Å². The van der Waals surface area contributed by atoms with Crippen molar-refractivity contribution in [2.75, 3.05) is 33.1 Å². The summed E-state index contributed by atoms with van der Waals surface area (Å²) in [5.74, 6) is 1.95. The first-order valence-electron chi connectivity index (χ1n) is 9.96. The molecular weight excluding hydrogens is 378 g/mol. The molecule has 0 saturated carbocycles. The first-order valence-corrected chi connectivity index (χ1v) is 9.96. The number of rotatable bonds is 10. The molecule has 0 aromatic carbocycles. The van der Waals surface area contributed by atoms with Gasteiger partial charge in [0.05, 0.1) is 43.0 Å². The molecule has 8 nitrogen and oxygen atoms in total. The van der Waals surface area contributed by atoms with Crippen molar-refractivity contribution in [2.45, 2.75) is 13.8 Å². The van der Waals surface area contributed by atoms with Gasteiger partial charge >= 0.3 is 0 Å². The van der Waals surface area contributed by atoms with E-state index >= 15 is 0 Å². The van der Waals surface area contributed by atoms with Gasteiger partial charge in [0.15, 0.2) is 0 Å². The average molecular weight is 412 g/mol. The minimum atomic E-state index is 0.236. The number of ether oxygens (including phenoxy) is 1. The summed E-state index contributed by atoms with van der Waals surface area (Å²) < 4.78 is 5.12. The molecule has 8 N–H and O–H groups in total. The van der Waals surface area contributed by atoms with Crippen LogP contribution in [0.25, 0.3) is 16.6 Å². The van der Waals surface area contributed by atoms with Crippen molar-refractivity contribution in [3.05, 3.63) is 59.8 Å². The lowest BCUT2D eigenvalue weighted by atomic mass is 10.0. The third-order valence-electron chi connectivity index (χ3n) is 4.56. The van der Waals surface area contributed by atoms with Crippen LogP contribution in [0.5, 0.6) is 0 Å². The molecule has 0 aliphatic carbocycles. The number of fused-ring (bicyclic) bond motifs is 1. The maximum atomic E-state index is 8.27. The lowest BCUT2D eigenvalue weighted by Gasteiger charge is -2.11. The van der Waals surface area contributed by atoms with Crippen molar-refractivity contribution in [3.63, 3.8) is 0 Å². The number of allylic oxidation sites excluding steroid dienone is 2. The quantitative estimate of drug-likeness (QED) is 0.291. The second-order valence-electron chi connectivity index (χ2n) is 7.12. The smallest absolute Gasteiger partial charge is 0.203 e. The first-order chi connectivity index (χ1) is 14.4. The van der Waals surface area contributed by atoms with Gasteiger partial charge < -0.3 is 26.5 Å². The number of quaternary nitrogens is 2. The standard InChI is InChI=1S/C22H31N7O/c1-14(2)15(10-23)9-22(26-4)29-21-7-6-19-20(28-21)8-16(11-27-19)17(12-25-3)18(24)13-30-5/h6-12,14,24-26H,13,23H2,1-5H3,(H,28,29)/p+2. The summed E-state index contributed by atoms with van der Waals surface area (Å²) in [4.78, 5) is 9.25. The molecule has 2 heterocycles. The Morgan fingerprint density at radius 3 is 2.67 bits per heavy atom. The molecular formula is C22H33N7O+2. The third kappa shape index (κ3) is 5.96. The van der Waals surface area contributed by atoms with E-state index in [9.17, 15) is 0 Å². The Kier molecular flexibility index (Phi) is 8.67. The van der Waals surface area contributed by atoms with Crippen LogP contribution in [-0.2, 0) is 4.74 Å². The molecule has 0 spiro atoms. The van der Waals surface area contributed by atoms with Gasteiger partial charge in [0.2, 0.25) is 5.82 Å². The molecule has 0 bridgehead atoms. The van der Waals surface area contributed by atoms with Crippen LogP contribution < -0.4 is 21.7 Å². The van der Waals surface area contributed by atoms with Gasteiger partial charge in [-0.1, -0.05) is 13.8 Å². The van der Waals surface area contributed by atoms with E-state index in [-0.39, 0.29) is 6.61 Å². The Balaban J connectivity index is 2.40. The number of anilines is 1. The highest BCUT2D eigenvalue weighted by Crippen LogP contribution is 2.20. The molecule has 0 radical (unpaired) electrons. The topological polar surface area (TPSA) is 130 Å². The molecule has 0 aliphatic heterocycles. The fourth-order valence-corrected chi connectivity index (χ4v) is 2.91. The molecule has 30 heavy (non-hydrogen) atoms. The molecule has 0 atom stereocenters. The van der Waals surface area contributed by atoms with E-state index in [2.05, 4.69) is 24.1 Å². The number of aromatic nitrogens is 2. The number of nitrogens with two attached hydrogens (primary N) is 3. The van der Waals surface area contributed by atoms with Crippen molar-refractivity contribution >= 4 is 28.1 Å². The van der Waals surface area contributed by atoms with Crippen LogP contribution in [0.2, 0.25) is 0 Å². The van der Waals surface area contributed by atoms with Gasteiger partial charge in [0.25, 0.3) is 0 Å². The largest absolute Gasteiger partial charge is 0.404 e. The van der Waals surface area contributed by atoms with Crippen molar-refractivity contribution in [2.24, 2.45) is 11.7 Å². The second kappa shape index (κ2) is 11.2. The molecule has 2 aromatic heterocycles. The highest BCUT2D eigenvalue weighted by molar-refractivity contribution is 6.22. The summed E-state index contributed by atoms with van der Waals surface area (Å²) >= 11 is 0.